The van der Waals surface area contributed by atoms with Crippen LogP contribution in [0.25, 0.3) is 0 Å². The summed E-state index contributed by atoms with van der Waals surface area (Å²) in [7, 11) is 1.33. The quantitative estimate of drug-likeness (QED) is 0.477. The number of esters is 1. The highest BCUT2D eigenvalue weighted by Gasteiger charge is 2.17. The number of rotatable bonds is 10. The molecule has 0 heterocycles. The molecule has 0 saturated carbocycles. The molecule has 2 rings (SSSR count). The molecule has 2 aromatic rings. The van der Waals surface area contributed by atoms with Crippen molar-refractivity contribution in [2.75, 3.05) is 20.2 Å². The zero-order chi connectivity index (χ0) is 19.5. The zero-order valence-corrected chi connectivity index (χ0v) is 15.6. The SMILES string of the molecule is COC(=O)CCN(CCc1ccccc1)C(=O)CCC(=O)c1ccccc1. The fraction of sp³-hybridized carbons (Fsp3) is 0.318. The highest BCUT2D eigenvalue weighted by molar-refractivity contribution is 5.97. The van der Waals surface area contributed by atoms with Gasteiger partial charge in [0.25, 0.3) is 0 Å². The molecule has 0 unspecified atom stereocenters. The van der Waals surface area contributed by atoms with E-state index >= 15 is 0 Å². The average molecular weight is 367 g/mol. The van der Waals surface area contributed by atoms with E-state index in [1.165, 1.54) is 7.11 Å². The molecule has 0 atom stereocenters. The summed E-state index contributed by atoms with van der Waals surface area (Å²) in [5.74, 6) is -0.535. The smallest absolute Gasteiger partial charge is 0.307 e. The summed E-state index contributed by atoms with van der Waals surface area (Å²) in [4.78, 5) is 37.9. The molecule has 0 spiro atoms. The summed E-state index contributed by atoms with van der Waals surface area (Å²) in [6, 6.07) is 18.8. The fourth-order valence-corrected chi connectivity index (χ4v) is 2.75. The van der Waals surface area contributed by atoms with E-state index < -0.39 is 0 Å². The number of ether oxygens (including phenoxy) is 1. The molecule has 0 saturated heterocycles. The summed E-state index contributed by atoms with van der Waals surface area (Å²) >= 11 is 0. The Bertz CT molecular complexity index is 743. The third-order valence-electron chi connectivity index (χ3n) is 4.34. The van der Waals surface area contributed by atoms with E-state index in [1.54, 1.807) is 29.2 Å². The maximum absolute atomic E-state index is 12.6. The molecule has 142 valence electrons. The Balaban J connectivity index is 1.92. The maximum Gasteiger partial charge on any atom is 0.307 e. The Morgan fingerprint density at radius 3 is 2.07 bits per heavy atom. The normalized spacial score (nSPS) is 10.3. The standard InChI is InChI=1S/C22H25NO4/c1-27-22(26)15-17-23(16-14-18-8-4-2-5-9-18)21(25)13-12-20(24)19-10-6-3-7-11-19/h2-11H,12-17H2,1H3. The Morgan fingerprint density at radius 2 is 1.44 bits per heavy atom. The van der Waals surface area contributed by atoms with Crippen LogP contribution in [0.1, 0.15) is 35.2 Å². The van der Waals surface area contributed by atoms with Crippen LogP contribution in [-0.4, -0.2) is 42.8 Å². The van der Waals surface area contributed by atoms with Crippen molar-refractivity contribution in [3.05, 3.63) is 71.8 Å². The van der Waals surface area contributed by atoms with E-state index in [0.717, 1.165) is 5.56 Å². The van der Waals surface area contributed by atoms with Crippen LogP contribution >= 0.6 is 0 Å². The summed E-state index contributed by atoms with van der Waals surface area (Å²) in [6.45, 7) is 0.789. The average Bonchev–Trinajstić information content (AvgIpc) is 2.72. The third-order valence-corrected chi connectivity index (χ3v) is 4.34. The molecular formula is C22H25NO4. The molecule has 0 aliphatic carbocycles. The van der Waals surface area contributed by atoms with Crippen LogP contribution in [0.4, 0.5) is 0 Å². The first-order chi connectivity index (χ1) is 13.1. The van der Waals surface area contributed by atoms with Crippen molar-refractivity contribution >= 4 is 17.7 Å². The molecule has 27 heavy (non-hydrogen) atoms. The number of carbonyl (C=O) groups excluding carboxylic acids is 3. The Kier molecular flexibility index (Phi) is 8.23. The van der Waals surface area contributed by atoms with Gasteiger partial charge in [0.2, 0.25) is 5.91 Å². The number of benzene rings is 2. The van der Waals surface area contributed by atoms with E-state index in [9.17, 15) is 14.4 Å². The van der Waals surface area contributed by atoms with Gasteiger partial charge < -0.3 is 9.64 Å². The minimum Gasteiger partial charge on any atom is -0.469 e. The number of hydrogen-bond acceptors (Lipinski definition) is 4. The van der Waals surface area contributed by atoms with Crippen molar-refractivity contribution in [1.29, 1.82) is 0 Å². The number of amides is 1. The molecule has 2 aromatic carbocycles. The Labute approximate surface area is 159 Å². The predicted molar refractivity (Wildman–Crippen MR) is 103 cm³/mol. The topological polar surface area (TPSA) is 63.7 Å². The number of hydrogen-bond donors (Lipinski definition) is 0. The monoisotopic (exact) mass is 367 g/mol. The molecular weight excluding hydrogens is 342 g/mol. The van der Waals surface area contributed by atoms with Gasteiger partial charge in [0, 0.05) is 31.5 Å². The maximum atomic E-state index is 12.6. The molecule has 0 aliphatic heterocycles. The zero-order valence-electron chi connectivity index (χ0n) is 15.6. The number of ketones is 1. The van der Waals surface area contributed by atoms with Gasteiger partial charge in [-0.05, 0) is 12.0 Å². The number of carbonyl (C=O) groups is 3. The minimum absolute atomic E-state index is 0.0556. The number of nitrogens with zero attached hydrogens (tertiary/aromatic N) is 1. The van der Waals surface area contributed by atoms with Gasteiger partial charge in [0.1, 0.15) is 0 Å². The molecule has 0 bridgehead atoms. The van der Waals surface area contributed by atoms with Crippen LogP contribution < -0.4 is 0 Å². The van der Waals surface area contributed by atoms with E-state index in [0.29, 0.717) is 18.5 Å². The van der Waals surface area contributed by atoms with Gasteiger partial charge in [-0.1, -0.05) is 60.7 Å². The number of methoxy groups -OCH3 is 1. The second kappa shape index (κ2) is 10.9. The highest BCUT2D eigenvalue weighted by Crippen LogP contribution is 2.09. The van der Waals surface area contributed by atoms with Gasteiger partial charge in [0.05, 0.1) is 13.5 Å². The highest BCUT2D eigenvalue weighted by atomic mass is 16.5. The van der Waals surface area contributed by atoms with Crippen LogP contribution in [0.5, 0.6) is 0 Å². The van der Waals surface area contributed by atoms with E-state index in [2.05, 4.69) is 4.74 Å². The molecule has 0 N–H and O–H groups in total. The molecule has 1 amide bonds. The lowest BCUT2D eigenvalue weighted by molar-refractivity contribution is -0.141. The lowest BCUT2D eigenvalue weighted by Gasteiger charge is -2.22. The van der Waals surface area contributed by atoms with Gasteiger partial charge >= 0.3 is 5.97 Å². The van der Waals surface area contributed by atoms with Gasteiger partial charge in [-0.2, -0.15) is 0 Å². The van der Waals surface area contributed by atoms with Crippen LogP contribution in [0.3, 0.4) is 0 Å². The second-order valence-electron chi connectivity index (χ2n) is 6.23. The van der Waals surface area contributed by atoms with Gasteiger partial charge in [-0.15, -0.1) is 0 Å². The van der Waals surface area contributed by atoms with Crippen molar-refractivity contribution in [2.45, 2.75) is 25.7 Å². The first kappa shape index (κ1) is 20.4. The lowest BCUT2D eigenvalue weighted by Crippen LogP contribution is -2.35. The Morgan fingerprint density at radius 1 is 0.815 bits per heavy atom. The van der Waals surface area contributed by atoms with Gasteiger partial charge in [-0.25, -0.2) is 0 Å². The van der Waals surface area contributed by atoms with Crippen molar-refractivity contribution in [3.63, 3.8) is 0 Å². The van der Waals surface area contributed by atoms with Crippen molar-refractivity contribution in [3.8, 4) is 0 Å². The van der Waals surface area contributed by atoms with E-state index in [4.69, 9.17) is 0 Å². The molecule has 0 aliphatic rings. The summed E-state index contributed by atoms with van der Waals surface area (Å²) in [5.41, 5.74) is 1.73. The molecule has 5 heteroatoms. The first-order valence-electron chi connectivity index (χ1n) is 9.07. The molecule has 0 fully saturated rings. The van der Waals surface area contributed by atoms with Crippen LogP contribution in [-0.2, 0) is 20.7 Å². The number of Topliss-reactive ketones (excluding diaryl/α,β-unsaturated/α-hetero) is 1. The summed E-state index contributed by atoms with van der Waals surface area (Å²) in [5, 5.41) is 0. The van der Waals surface area contributed by atoms with Gasteiger partial charge in [-0.3, -0.25) is 14.4 Å². The molecule has 0 aromatic heterocycles. The van der Waals surface area contributed by atoms with E-state index in [-0.39, 0.29) is 43.5 Å². The summed E-state index contributed by atoms with van der Waals surface area (Å²) in [6.07, 6.45) is 1.12. The Hall–Kier alpha value is -2.95. The lowest BCUT2D eigenvalue weighted by atomic mass is 10.1. The third kappa shape index (κ3) is 7.05. The predicted octanol–water partition coefficient (Wildman–Crippen LogP) is 3.28. The summed E-state index contributed by atoms with van der Waals surface area (Å²) < 4.78 is 4.67. The van der Waals surface area contributed by atoms with Gasteiger partial charge in [0.15, 0.2) is 5.78 Å². The van der Waals surface area contributed by atoms with Crippen molar-refractivity contribution < 1.29 is 19.1 Å². The van der Waals surface area contributed by atoms with Crippen LogP contribution in [0.2, 0.25) is 0 Å². The van der Waals surface area contributed by atoms with Crippen LogP contribution in [0, 0.1) is 0 Å². The van der Waals surface area contributed by atoms with Crippen molar-refractivity contribution in [1.82, 2.24) is 4.90 Å². The fourth-order valence-electron chi connectivity index (χ4n) is 2.75. The largest absolute Gasteiger partial charge is 0.469 e. The molecule has 5 nitrogen and oxygen atoms in total. The minimum atomic E-state index is -0.354. The van der Waals surface area contributed by atoms with Crippen LogP contribution in [0.15, 0.2) is 60.7 Å². The van der Waals surface area contributed by atoms with Crippen molar-refractivity contribution in [2.24, 2.45) is 0 Å². The van der Waals surface area contributed by atoms with E-state index in [1.807, 2.05) is 36.4 Å². The second-order valence-corrected chi connectivity index (χ2v) is 6.23. The molecule has 0 radical (unpaired) electrons. The first-order valence-corrected chi connectivity index (χ1v) is 9.07.